The predicted molar refractivity (Wildman–Crippen MR) is 53.1 cm³/mol. The van der Waals surface area contributed by atoms with Crippen molar-refractivity contribution in [2.75, 3.05) is 14.1 Å². The Morgan fingerprint density at radius 1 is 1.17 bits per heavy atom. The van der Waals surface area contributed by atoms with Crippen molar-refractivity contribution >= 4 is 0 Å². The maximum absolute atomic E-state index is 5.86. The Hall–Kier alpha value is -0.0800. The Kier molecular flexibility index (Phi) is 3.53. The number of hydrogen-bond donors (Lipinski definition) is 1. The number of hydrogen-bond acceptors (Lipinski definition) is 2. The Bertz CT molecular complexity index is 126. The maximum atomic E-state index is 5.86. The van der Waals surface area contributed by atoms with Crippen LogP contribution in [0.25, 0.3) is 0 Å². The molecule has 0 heterocycles. The summed E-state index contributed by atoms with van der Waals surface area (Å²) in [5, 5.41) is 0. The molecule has 0 radical (unpaired) electrons. The summed E-state index contributed by atoms with van der Waals surface area (Å²) in [4.78, 5) is 2.32. The molecule has 1 rings (SSSR count). The molecule has 1 saturated carbocycles. The summed E-state index contributed by atoms with van der Waals surface area (Å²) in [6.45, 7) is 2.32. The Balaban J connectivity index is 2.34. The van der Waals surface area contributed by atoms with Crippen LogP contribution >= 0.6 is 0 Å². The minimum Gasteiger partial charge on any atom is -0.328 e. The van der Waals surface area contributed by atoms with Gasteiger partial charge in [-0.25, -0.2) is 0 Å². The van der Waals surface area contributed by atoms with E-state index in [4.69, 9.17) is 5.73 Å². The smallest absolute Gasteiger partial charge is 0.00891 e. The summed E-state index contributed by atoms with van der Waals surface area (Å²) < 4.78 is 0. The van der Waals surface area contributed by atoms with E-state index in [1.807, 2.05) is 0 Å². The van der Waals surface area contributed by atoms with Crippen molar-refractivity contribution < 1.29 is 0 Å². The summed E-state index contributed by atoms with van der Waals surface area (Å²) >= 11 is 0. The highest BCUT2D eigenvalue weighted by molar-refractivity contribution is 4.80. The quantitative estimate of drug-likeness (QED) is 0.679. The molecule has 0 saturated heterocycles. The topological polar surface area (TPSA) is 29.3 Å². The molecular weight excluding hydrogens is 148 g/mol. The molecule has 1 aliphatic rings. The second-order valence-electron chi connectivity index (χ2n) is 4.38. The molecule has 0 aliphatic heterocycles. The summed E-state index contributed by atoms with van der Waals surface area (Å²) in [5.41, 5.74) is 5.86. The molecule has 0 bridgehead atoms. The fourth-order valence-corrected chi connectivity index (χ4v) is 2.05. The zero-order valence-corrected chi connectivity index (χ0v) is 8.59. The molecule has 1 fully saturated rings. The lowest BCUT2D eigenvalue weighted by atomic mass is 9.82. The average Bonchev–Trinajstić information content (AvgIpc) is 2.04. The van der Waals surface area contributed by atoms with Gasteiger partial charge in [-0.15, -0.1) is 0 Å². The van der Waals surface area contributed by atoms with E-state index >= 15 is 0 Å². The second kappa shape index (κ2) is 4.24. The van der Waals surface area contributed by atoms with Gasteiger partial charge in [0.2, 0.25) is 0 Å². The molecule has 2 N–H and O–H groups in total. The third-order valence-corrected chi connectivity index (χ3v) is 3.31. The second-order valence-corrected chi connectivity index (χ2v) is 4.38. The van der Waals surface area contributed by atoms with Crippen LogP contribution in [-0.2, 0) is 0 Å². The van der Waals surface area contributed by atoms with E-state index in [9.17, 15) is 0 Å². The van der Waals surface area contributed by atoms with Crippen LogP contribution in [0.5, 0.6) is 0 Å². The van der Waals surface area contributed by atoms with Gasteiger partial charge in [-0.1, -0.05) is 0 Å². The highest BCUT2D eigenvalue weighted by Crippen LogP contribution is 2.27. The average molecular weight is 170 g/mol. The SMILES string of the molecule is CC(C1CCC(N)CC1)N(C)C. The van der Waals surface area contributed by atoms with E-state index in [2.05, 4.69) is 25.9 Å². The first-order valence-electron chi connectivity index (χ1n) is 5.03. The minimum absolute atomic E-state index is 0.482. The van der Waals surface area contributed by atoms with Crippen molar-refractivity contribution in [2.24, 2.45) is 11.7 Å². The van der Waals surface area contributed by atoms with Gasteiger partial charge in [-0.05, 0) is 52.6 Å². The van der Waals surface area contributed by atoms with Crippen LogP contribution < -0.4 is 5.73 Å². The monoisotopic (exact) mass is 170 g/mol. The molecule has 12 heavy (non-hydrogen) atoms. The zero-order valence-electron chi connectivity index (χ0n) is 8.59. The van der Waals surface area contributed by atoms with Crippen molar-refractivity contribution in [3.63, 3.8) is 0 Å². The Labute approximate surface area is 76.1 Å². The van der Waals surface area contributed by atoms with Crippen molar-refractivity contribution in [2.45, 2.75) is 44.7 Å². The molecule has 0 aromatic heterocycles. The van der Waals surface area contributed by atoms with Gasteiger partial charge in [-0.2, -0.15) is 0 Å². The number of rotatable bonds is 2. The maximum Gasteiger partial charge on any atom is 0.00891 e. The number of nitrogens with two attached hydrogens (primary N) is 1. The minimum atomic E-state index is 0.482. The Morgan fingerprint density at radius 2 is 1.67 bits per heavy atom. The van der Waals surface area contributed by atoms with Gasteiger partial charge in [0.15, 0.2) is 0 Å². The highest BCUT2D eigenvalue weighted by atomic mass is 15.1. The van der Waals surface area contributed by atoms with Gasteiger partial charge in [0, 0.05) is 12.1 Å². The predicted octanol–water partition coefficient (Wildman–Crippen LogP) is 1.45. The van der Waals surface area contributed by atoms with Gasteiger partial charge in [0.05, 0.1) is 0 Å². The zero-order chi connectivity index (χ0) is 9.14. The van der Waals surface area contributed by atoms with E-state index in [0.29, 0.717) is 6.04 Å². The fraction of sp³-hybridized carbons (Fsp3) is 1.00. The summed E-state index contributed by atoms with van der Waals surface area (Å²) in [7, 11) is 4.33. The first-order chi connectivity index (χ1) is 5.61. The Morgan fingerprint density at radius 3 is 2.08 bits per heavy atom. The van der Waals surface area contributed by atoms with Crippen LogP contribution in [0.15, 0.2) is 0 Å². The lowest BCUT2D eigenvalue weighted by molar-refractivity contribution is 0.177. The molecule has 2 nitrogen and oxygen atoms in total. The van der Waals surface area contributed by atoms with Crippen molar-refractivity contribution in [3.8, 4) is 0 Å². The van der Waals surface area contributed by atoms with E-state index in [1.54, 1.807) is 0 Å². The molecule has 72 valence electrons. The third-order valence-electron chi connectivity index (χ3n) is 3.31. The first kappa shape index (κ1) is 10.0. The van der Waals surface area contributed by atoms with E-state index in [0.717, 1.165) is 12.0 Å². The molecule has 1 unspecified atom stereocenters. The lowest BCUT2D eigenvalue weighted by Gasteiger charge is -2.34. The van der Waals surface area contributed by atoms with E-state index in [-0.39, 0.29) is 0 Å². The van der Waals surface area contributed by atoms with Gasteiger partial charge in [0.1, 0.15) is 0 Å². The van der Waals surface area contributed by atoms with E-state index in [1.165, 1.54) is 25.7 Å². The number of nitrogens with zero attached hydrogens (tertiary/aromatic N) is 1. The van der Waals surface area contributed by atoms with Crippen LogP contribution in [0.2, 0.25) is 0 Å². The molecule has 0 spiro atoms. The van der Waals surface area contributed by atoms with Crippen LogP contribution in [0.1, 0.15) is 32.6 Å². The van der Waals surface area contributed by atoms with Crippen molar-refractivity contribution in [1.29, 1.82) is 0 Å². The van der Waals surface area contributed by atoms with Crippen LogP contribution in [0.4, 0.5) is 0 Å². The van der Waals surface area contributed by atoms with Crippen molar-refractivity contribution in [1.82, 2.24) is 4.90 Å². The molecular formula is C10H22N2. The molecule has 0 amide bonds. The molecule has 1 aliphatic carbocycles. The van der Waals surface area contributed by atoms with Gasteiger partial charge >= 0.3 is 0 Å². The molecule has 2 heteroatoms. The first-order valence-corrected chi connectivity index (χ1v) is 5.03. The van der Waals surface area contributed by atoms with Crippen molar-refractivity contribution in [3.05, 3.63) is 0 Å². The van der Waals surface area contributed by atoms with E-state index < -0.39 is 0 Å². The van der Waals surface area contributed by atoms with Gasteiger partial charge < -0.3 is 10.6 Å². The molecule has 0 aromatic carbocycles. The normalized spacial score (nSPS) is 33.8. The van der Waals surface area contributed by atoms with Gasteiger partial charge in [0.25, 0.3) is 0 Å². The lowest BCUT2D eigenvalue weighted by Crippen LogP contribution is -2.37. The fourth-order valence-electron chi connectivity index (χ4n) is 2.05. The van der Waals surface area contributed by atoms with Gasteiger partial charge in [-0.3, -0.25) is 0 Å². The molecule has 0 aromatic rings. The van der Waals surface area contributed by atoms with Crippen LogP contribution in [0, 0.1) is 5.92 Å². The third kappa shape index (κ3) is 2.46. The van der Waals surface area contributed by atoms with Crippen LogP contribution in [0.3, 0.4) is 0 Å². The molecule has 1 atom stereocenters. The largest absolute Gasteiger partial charge is 0.328 e. The summed E-state index contributed by atoms with van der Waals surface area (Å²) in [6, 6.07) is 1.20. The van der Waals surface area contributed by atoms with Crippen LogP contribution in [-0.4, -0.2) is 31.1 Å². The highest BCUT2D eigenvalue weighted by Gasteiger charge is 2.24. The summed E-state index contributed by atoms with van der Waals surface area (Å²) in [5.74, 6) is 0.875. The summed E-state index contributed by atoms with van der Waals surface area (Å²) in [6.07, 6.45) is 5.09. The standard InChI is InChI=1S/C10H22N2/c1-8(12(2)3)9-4-6-10(11)7-5-9/h8-10H,4-7,11H2,1-3H3.